The minimum atomic E-state index is 0.276. The molecule has 0 saturated heterocycles. The Labute approximate surface area is 120 Å². The van der Waals surface area contributed by atoms with Crippen molar-refractivity contribution in [2.75, 3.05) is 0 Å². The van der Waals surface area contributed by atoms with Crippen LogP contribution in [0.3, 0.4) is 0 Å². The second-order valence-electron chi connectivity index (χ2n) is 5.65. The van der Waals surface area contributed by atoms with Crippen molar-refractivity contribution < 1.29 is 4.79 Å². The first-order chi connectivity index (χ1) is 9.74. The van der Waals surface area contributed by atoms with Crippen LogP contribution in [-0.2, 0) is 19.6 Å². The molecule has 0 atom stereocenters. The highest BCUT2D eigenvalue weighted by Gasteiger charge is 2.18. The molecular weight excluding hydrogens is 248 g/mol. The van der Waals surface area contributed by atoms with E-state index in [4.69, 9.17) is 0 Å². The molecule has 1 aliphatic heterocycles. The molecule has 106 valence electrons. The van der Waals surface area contributed by atoms with Crippen molar-refractivity contribution >= 4 is 16.7 Å². The monoisotopic (exact) mass is 270 g/mol. The quantitative estimate of drug-likeness (QED) is 0.842. The first kappa shape index (κ1) is 13.4. The summed E-state index contributed by atoms with van der Waals surface area (Å²) in [5.41, 5.74) is 4.85. The smallest absolute Gasteiger partial charge is 0.165 e. The van der Waals surface area contributed by atoms with Crippen LogP contribution in [0.25, 0.3) is 10.9 Å². The van der Waals surface area contributed by atoms with Gasteiger partial charge in [-0.25, -0.2) is 0 Å². The first-order valence-corrected chi connectivity index (χ1v) is 7.63. The predicted octanol–water partition coefficient (Wildman–Crippen LogP) is 3.64. The zero-order valence-corrected chi connectivity index (χ0v) is 12.3. The Bertz CT molecular complexity index is 655. The number of nitrogens with zero attached hydrogens (tertiary/aromatic N) is 1. The maximum atomic E-state index is 12.3. The van der Waals surface area contributed by atoms with Crippen molar-refractivity contribution in [3.8, 4) is 0 Å². The SMILES string of the molecule is CCCC(=O)c1cn(CCC)c2cc3c(cc12)CNC3. The Morgan fingerprint density at radius 3 is 2.65 bits per heavy atom. The number of benzene rings is 1. The lowest BCUT2D eigenvalue weighted by molar-refractivity contribution is 0.0983. The van der Waals surface area contributed by atoms with E-state index < -0.39 is 0 Å². The van der Waals surface area contributed by atoms with Gasteiger partial charge in [0.1, 0.15) is 0 Å². The molecule has 0 unspecified atom stereocenters. The maximum absolute atomic E-state index is 12.3. The average molecular weight is 270 g/mol. The van der Waals surface area contributed by atoms with E-state index in [1.54, 1.807) is 0 Å². The second kappa shape index (κ2) is 5.41. The number of aromatic nitrogens is 1. The molecular formula is C17H22N2O. The molecule has 0 saturated carbocycles. The standard InChI is InChI=1S/C17H22N2O/c1-3-5-17(20)15-11-19(6-4-2)16-8-13-10-18-9-12(13)7-14(15)16/h7-8,11,18H,3-6,9-10H2,1-2H3. The largest absolute Gasteiger partial charge is 0.347 e. The summed E-state index contributed by atoms with van der Waals surface area (Å²) >= 11 is 0. The number of carbonyl (C=O) groups is 1. The first-order valence-electron chi connectivity index (χ1n) is 7.63. The summed E-state index contributed by atoms with van der Waals surface area (Å²) in [6.07, 6.45) is 4.70. The van der Waals surface area contributed by atoms with Gasteiger partial charge in [-0.1, -0.05) is 13.8 Å². The van der Waals surface area contributed by atoms with E-state index in [1.807, 2.05) is 0 Å². The van der Waals surface area contributed by atoms with Crippen molar-refractivity contribution in [1.82, 2.24) is 9.88 Å². The fraction of sp³-hybridized carbons (Fsp3) is 0.471. The molecule has 3 rings (SSSR count). The van der Waals surface area contributed by atoms with Crippen LogP contribution in [0, 0.1) is 0 Å². The lowest BCUT2D eigenvalue weighted by Gasteiger charge is -2.04. The van der Waals surface area contributed by atoms with Crippen LogP contribution in [0.2, 0.25) is 0 Å². The van der Waals surface area contributed by atoms with Crippen LogP contribution >= 0.6 is 0 Å². The summed E-state index contributed by atoms with van der Waals surface area (Å²) in [4.78, 5) is 12.3. The van der Waals surface area contributed by atoms with Crippen molar-refractivity contribution in [2.24, 2.45) is 0 Å². The molecule has 2 heterocycles. The van der Waals surface area contributed by atoms with Crippen LogP contribution in [0.15, 0.2) is 18.3 Å². The number of nitrogens with one attached hydrogen (secondary N) is 1. The zero-order chi connectivity index (χ0) is 14.1. The summed E-state index contributed by atoms with van der Waals surface area (Å²) in [5, 5.41) is 4.52. The molecule has 2 aromatic rings. The second-order valence-corrected chi connectivity index (χ2v) is 5.65. The molecule has 3 nitrogen and oxygen atoms in total. The molecule has 0 bridgehead atoms. The Hall–Kier alpha value is -1.61. The number of fused-ring (bicyclic) bond motifs is 2. The Morgan fingerprint density at radius 1 is 1.20 bits per heavy atom. The third-order valence-corrected chi connectivity index (χ3v) is 4.08. The molecule has 0 radical (unpaired) electrons. The van der Waals surface area contributed by atoms with Crippen LogP contribution in [0.5, 0.6) is 0 Å². The van der Waals surface area contributed by atoms with Crippen molar-refractivity contribution in [3.63, 3.8) is 0 Å². The van der Waals surface area contributed by atoms with Gasteiger partial charge in [0.2, 0.25) is 0 Å². The molecule has 20 heavy (non-hydrogen) atoms. The Kier molecular flexibility index (Phi) is 3.62. The fourth-order valence-corrected chi connectivity index (χ4v) is 3.10. The van der Waals surface area contributed by atoms with Gasteiger partial charge in [0.15, 0.2) is 5.78 Å². The number of rotatable bonds is 5. The normalized spacial score (nSPS) is 13.9. The van der Waals surface area contributed by atoms with Gasteiger partial charge in [0.25, 0.3) is 0 Å². The van der Waals surface area contributed by atoms with Crippen molar-refractivity contribution in [3.05, 3.63) is 35.0 Å². The zero-order valence-electron chi connectivity index (χ0n) is 12.3. The van der Waals surface area contributed by atoms with Crippen LogP contribution in [0.4, 0.5) is 0 Å². The average Bonchev–Trinajstić information content (AvgIpc) is 3.02. The van der Waals surface area contributed by atoms with E-state index in [9.17, 15) is 4.79 Å². The third kappa shape index (κ3) is 2.16. The highest BCUT2D eigenvalue weighted by molar-refractivity contribution is 6.08. The number of Topliss-reactive ketones (excluding diaryl/α,β-unsaturated/α-hetero) is 1. The highest BCUT2D eigenvalue weighted by atomic mass is 16.1. The maximum Gasteiger partial charge on any atom is 0.165 e. The summed E-state index contributed by atoms with van der Waals surface area (Å²) in [7, 11) is 0. The van der Waals surface area contributed by atoms with Gasteiger partial charge in [-0.3, -0.25) is 4.79 Å². The van der Waals surface area contributed by atoms with Gasteiger partial charge >= 0.3 is 0 Å². The Balaban J connectivity index is 2.17. The van der Waals surface area contributed by atoms with E-state index in [-0.39, 0.29) is 5.78 Å². The van der Waals surface area contributed by atoms with Crippen LogP contribution in [-0.4, -0.2) is 10.4 Å². The van der Waals surface area contributed by atoms with E-state index in [1.165, 1.54) is 16.6 Å². The van der Waals surface area contributed by atoms with Gasteiger partial charge in [0.05, 0.1) is 0 Å². The third-order valence-electron chi connectivity index (χ3n) is 4.08. The Morgan fingerprint density at radius 2 is 1.95 bits per heavy atom. The van der Waals surface area contributed by atoms with Crippen LogP contribution < -0.4 is 5.32 Å². The molecule has 1 aliphatic rings. The van der Waals surface area contributed by atoms with E-state index in [0.717, 1.165) is 43.4 Å². The molecule has 0 fully saturated rings. The number of carbonyl (C=O) groups excluding carboxylic acids is 1. The molecule has 1 aromatic heterocycles. The van der Waals surface area contributed by atoms with Gasteiger partial charge in [-0.05, 0) is 36.1 Å². The van der Waals surface area contributed by atoms with Crippen molar-refractivity contribution in [1.29, 1.82) is 0 Å². The lowest BCUT2D eigenvalue weighted by atomic mass is 10.0. The summed E-state index contributed by atoms with van der Waals surface area (Å²) in [5.74, 6) is 0.276. The topological polar surface area (TPSA) is 34.0 Å². The fourth-order valence-electron chi connectivity index (χ4n) is 3.10. The van der Waals surface area contributed by atoms with Gasteiger partial charge in [-0.2, -0.15) is 0 Å². The van der Waals surface area contributed by atoms with E-state index in [2.05, 4.69) is 42.1 Å². The molecule has 0 amide bonds. The predicted molar refractivity (Wildman–Crippen MR) is 82.0 cm³/mol. The van der Waals surface area contributed by atoms with E-state index >= 15 is 0 Å². The van der Waals surface area contributed by atoms with Crippen LogP contribution in [0.1, 0.15) is 54.6 Å². The summed E-state index contributed by atoms with van der Waals surface area (Å²) < 4.78 is 2.25. The lowest BCUT2D eigenvalue weighted by Crippen LogP contribution is -2.00. The summed E-state index contributed by atoms with van der Waals surface area (Å²) in [6, 6.07) is 4.49. The summed E-state index contributed by atoms with van der Waals surface area (Å²) in [6.45, 7) is 7.08. The number of aryl methyl sites for hydroxylation is 1. The van der Waals surface area contributed by atoms with Gasteiger partial charge < -0.3 is 9.88 Å². The minimum Gasteiger partial charge on any atom is -0.347 e. The molecule has 1 N–H and O–H groups in total. The van der Waals surface area contributed by atoms with E-state index in [0.29, 0.717) is 6.42 Å². The number of hydrogen-bond donors (Lipinski definition) is 1. The molecule has 3 heteroatoms. The number of ketones is 1. The molecule has 0 aliphatic carbocycles. The number of hydrogen-bond acceptors (Lipinski definition) is 2. The molecule has 1 aromatic carbocycles. The van der Waals surface area contributed by atoms with Crippen molar-refractivity contribution in [2.45, 2.75) is 52.7 Å². The molecule has 0 spiro atoms. The van der Waals surface area contributed by atoms with Gasteiger partial charge in [-0.15, -0.1) is 0 Å². The van der Waals surface area contributed by atoms with Gasteiger partial charge in [0, 0.05) is 48.7 Å². The minimum absolute atomic E-state index is 0.276. The highest BCUT2D eigenvalue weighted by Crippen LogP contribution is 2.29.